The first-order valence-corrected chi connectivity index (χ1v) is 8.87. The molecule has 3 rings (SSSR count). The molecule has 3 aromatic rings. The van der Waals surface area contributed by atoms with E-state index >= 15 is 0 Å². The number of hydrogen-bond donors (Lipinski definition) is 0. The van der Waals surface area contributed by atoms with Gasteiger partial charge in [0, 0.05) is 6.54 Å². The number of carbonyl (C=O) groups excluding carboxylic acids is 1. The number of carbonyl (C=O) groups is 1. The zero-order valence-corrected chi connectivity index (χ0v) is 15.0. The van der Waals surface area contributed by atoms with Gasteiger partial charge in [-0.3, -0.25) is 4.79 Å². The molecule has 6 heteroatoms. The fourth-order valence-corrected chi connectivity index (χ4v) is 3.94. The lowest BCUT2D eigenvalue weighted by Gasteiger charge is -2.04. The lowest BCUT2D eigenvalue weighted by molar-refractivity contribution is -0.117. The maximum absolute atomic E-state index is 12.3. The number of fused-ring (bicyclic) bond motifs is 1. The lowest BCUT2D eigenvalue weighted by atomic mass is 10.1. The summed E-state index contributed by atoms with van der Waals surface area (Å²) in [5.41, 5.74) is 1.71. The van der Waals surface area contributed by atoms with Gasteiger partial charge in [0.2, 0.25) is 0 Å². The Morgan fingerprint density at radius 1 is 1.21 bits per heavy atom. The van der Waals surface area contributed by atoms with Crippen LogP contribution >= 0.6 is 34.5 Å². The van der Waals surface area contributed by atoms with Gasteiger partial charge in [-0.1, -0.05) is 70.9 Å². The quantitative estimate of drug-likeness (QED) is 0.598. The molecule has 0 fully saturated rings. The SMILES string of the molecule is C=CCn1c(=NC(=O)Cc2ccccc2)sc2ccc(Cl)c(Cl)c21. The summed E-state index contributed by atoms with van der Waals surface area (Å²) < 4.78 is 2.79. The molecule has 122 valence electrons. The highest BCUT2D eigenvalue weighted by Gasteiger charge is 2.13. The van der Waals surface area contributed by atoms with Crippen LogP contribution in [0.4, 0.5) is 0 Å². The molecule has 3 nitrogen and oxygen atoms in total. The summed E-state index contributed by atoms with van der Waals surface area (Å²) in [7, 11) is 0. The van der Waals surface area contributed by atoms with Gasteiger partial charge in [0.1, 0.15) is 0 Å². The fraction of sp³-hybridized carbons (Fsp3) is 0.111. The number of amides is 1. The van der Waals surface area contributed by atoms with Crippen LogP contribution in [0.3, 0.4) is 0 Å². The molecule has 0 N–H and O–H groups in total. The van der Waals surface area contributed by atoms with E-state index < -0.39 is 0 Å². The van der Waals surface area contributed by atoms with Crippen LogP contribution in [-0.4, -0.2) is 10.5 Å². The summed E-state index contributed by atoms with van der Waals surface area (Å²) in [6.45, 7) is 4.26. The Morgan fingerprint density at radius 3 is 2.67 bits per heavy atom. The van der Waals surface area contributed by atoms with Crippen LogP contribution in [-0.2, 0) is 17.8 Å². The molecule has 2 aromatic carbocycles. The number of allylic oxidation sites excluding steroid dienone is 1. The van der Waals surface area contributed by atoms with Crippen LogP contribution in [0.15, 0.2) is 60.1 Å². The molecular formula is C18H14Cl2N2OS. The van der Waals surface area contributed by atoms with Gasteiger partial charge in [0.15, 0.2) is 4.80 Å². The minimum Gasteiger partial charge on any atom is -0.311 e. The predicted octanol–water partition coefficient (Wildman–Crippen LogP) is 4.87. The van der Waals surface area contributed by atoms with E-state index in [1.54, 1.807) is 12.1 Å². The van der Waals surface area contributed by atoms with Gasteiger partial charge < -0.3 is 4.57 Å². The van der Waals surface area contributed by atoms with Crippen molar-refractivity contribution in [3.63, 3.8) is 0 Å². The average molecular weight is 377 g/mol. The van der Waals surface area contributed by atoms with Gasteiger partial charge in [0.25, 0.3) is 5.91 Å². The van der Waals surface area contributed by atoms with E-state index in [0.29, 0.717) is 21.4 Å². The molecule has 1 aromatic heterocycles. The van der Waals surface area contributed by atoms with Crippen LogP contribution in [0, 0.1) is 0 Å². The van der Waals surface area contributed by atoms with E-state index in [-0.39, 0.29) is 12.3 Å². The molecule has 1 heterocycles. The van der Waals surface area contributed by atoms with E-state index in [0.717, 1.165) is 15.8 Å². The van der Waals surface area contributed by atoms with Crippen molar-refractivity contribution in [2.75, 3.05) is 0 Å². The molecule has 0 unspecified atom stereocenters. The van der Waals surface area contributed by atoms with Crippen molar-refractivity contribution >= 4 is 50.7 Å². The zero-order chi connectivity index (χ0) is 17.1. The summed E-state index contributed by atoms with van der Waals surface area (Å²) in [6.07, 6.45) is 2.00. The highest BCUT2D eigenvalue weighted by molar-refractivity contribution is 7.16. The van der Waals surface area contributed by atoms with E-state index in [1.165, 1.54) is 11.3 Å². The smallest absolute Gasteiger partial charge is 0.252 e. The molecule has 0 aliphatic carbocycles. The van der Waals surface area contributed by atoms with E-state index in [1.807, 2.05) is 41.0 Å². The summed E-state index contributed by atoms with van der Waals surface area (Å²) in [6, 6.07) is 13.2. The van der Waals surface area contributed by atoms with Crippen molar-refractivity contribution in [3.8, 4) is 0 Å². The molecule has 0 atom stereocenters. The Morgan fingerprint density at radius 2 is 1.96 bits per heavy atom. The molecule has 1 amide bonds. The number of hydrogen-bond acceptors (Lipinski definition) is 2. The topological polar surface area (TPSA) is 34.4 Å². The van der Waals surface area contributed by atoms with Gasteiger partial charge in [-0.25, -0.2) is 0 Å². The molecule has 0 bridgehead atoms. The second-order valence-corrected chi connectivity index (χ2v) is 6.95. The van der Waals surface area contributed by atoms with Crippen molar-refractivity contribution in [1.29, 1.82) is 0 Å². The number of thiazole rings is 1. The predicted molar refractivity (Wildman–Crippen MR) is 101 cm³/mol. The minimum absolute atomic E-state index is 0.201. The van der Waals surface area contributed by atoms with Crippen LogP contribution in [0.25, 0.3) is 10.2 Å². The first-order chi connectivity index (χ1) is 11.6. The second-order valence-electron chi connectivity index (χ2n) is 5.16. The number of benzene rings is 2. The van der Waals surface area contributed by atoms with Gasteiger partial charge in [-0.15, -0.1) is 6.58 Å². The summed E-state index contributed by atoms with van der Waals surface area (Å²) in [5.74, 6) is -0.201. The molecule has 0 aliphatic rings. The third-order valence-corrected chi connectivity index (χ3v) is 5.30. The summed E-state index contributed by atoms with van der Waals surface area (Å²) in [4.78, 5) is 17.2. The average Bonchev–Trinajstić information content (AvgIpc) is 2.90. The highest BCUT2D eigenvalue weighted by atomic mass is 35.5. The molecule has 0 aliphatic heterocycles. The Bertz CT molecular complexity index is 974. The maximum Gasteiger partial charge on any atom is 0.252 e. The molecule has 0 saturated carbocycles. The van der Waals surface area contributed by atoms with Gasteiger partial charge in [-0.2, -0.15) is 4.99 Å². The molecular weight excluding hydrogens is 363 g/mol. The normalized spacial score (nSPS) is 11.8. The van der Waals surface area contributed by atoms with Gasteiger partial charge in [-0.05, 0) is 17.7 Å². The van der Waals surface area contributed by atoms with Crippen LogP contribution in [0.1, 0.15) is 5.56 Å². The third kappa shape index (κ3) is 3.46. The minimum atomic E-state index is -0.201. The third-order valence-electron chi connectivity index (χ3n) is 3.46. The first-order valence-electron chi connectivity index (χ1n) is 7.30. The van der Waals surface area contributed by atoms with Crippen LogP contribution in [0.5, 0.6) is 0 Å². The molecule has 0 radical (unpaired) electrons. The number of nitrogens with zero attached hydrogens (tertiary/aromatic N) is 2. The number of aromatic nitrogens is 1. The monoisotopic (exact) mass is 376 g/mol. The molecule has 24 heavy (non-hydrogen) atoms. The maximum atomic E-state index is 12.3. The first kappa shape index (κ1) is 17.0. The van der Waals surface area contributed by atoms with Crippen LogP contribution < -0.4 is 4.80 Å². The molecule has 0 saturated heterocycles. The largest absolute Gasteiger partial charge is 0.311 e. The zero-order valence-electron chi connectivity index (χ0n) is 12.7. The van der Waals surface area contributed by atoms with Gasteiger partial charge in [0.05, 0.1) is 26.7 Å². The van der Waals surface area contributed by atoms with Gasteiger partial charge >= 0.3 is 0 Å². The van der Waals surface area contributed by atoms with E-state index in [9.17, 15) is 4.79 Å². The lowest BCUT2D eigenvalue weighted by Crippen LogP contribution is -2.17. The summed E-state index contributed by atoms with van der Waals surface area (Å²) in [5, 5.41) is 0.936. The Balaban J connectivity index is 2.08. The number of halogens is 2. The van der Waals surface area contributed by atoms with Crippen molar-refractivity contribution < 1.29 is 4.79 Å². The van der Waals surface area contributed by atoms with Crippen LogP contribution in [0.2, 0.25) is 10.0 Å². The van der Waals surface area contributed by atoms with Crippen molar-refractivity contribution in [1.82, 2.24) is 4.57 Å². The molecule has 0 spiro atoms. The Labute approximate surface area is 153 Å². The number of rotatable bonds is 4. The van der Waals surface area contributed by atoms with Crippen molar-refractivity contribution in [2.45, 2.75) is 13.0 Å². The Hall–Kier alpha value is -1.88. The second kappa shape index (κ2) is 7.34. The summed E-state index contributed by atoms with van der Waals surface area (Å²) >= 11 is 13.9. The van der Waals surface area contributed by atoms with Crippen molar-refractivity contribution in [2.24, 2.45) is 4.99 Å². The van der Waals surface area contributed by atoms with E-state index in [4.69, 9.17) is 23.2 Å². The van der Waals surface area contributed by atoms with Crippen molar-refractivity contribution in [3.05, 3.63) is 75.5 Å². The Kier molecular flexibility index (Phi) is 5.19. The fourth-order valence-electron chi connectivity index (χ4n) is 2.40. The highest BCUT2D eigenvalue weighted by Crippen LogP contribution is 2.32. The standard InChI is InChI=1S/C18H14Cl2N2OS/c1-2-10-22-17-14(9-8-13(19)16(17)20)24-18(22)21-15(23)11-12-6-4-3-5-7-12/h2-9H,1,10-11H2. The van der Waals surface area contributed by atoms with E-state index in [2.05, 4.69) is 11.6 Å².